The van der Waals surface area contributed by atoms with Crippen LogP contribution in [0, 0.1) is 0 Å². The summed E-state index contributed by atoms with van der Waals surface area (Å²) in [5, 5.41) is 0. The Morgan fingerprint density at radius 1 is 0.455 bits per heavy atom. The van der Waals surface area contributed by atoms with E-state index in [0.717, 1.165) is 23.5 Å². The normalized spacial score (nSPS) is 12.5. The first kappa shape index (κ1) is 33.1. The summed E-state index contributed by atoms with van der Waals surface area (Å²) in [4.78, 5) is 0. The van der Waals surface area contributed by atoms with Gasteiger partial charge in [-0.05, 0) is 12.8 Å². The molecule has 0 atom stereocenters. The SMILES string of the molecule is CCCCCCCCCCCCCCCCCCCC[N+](C)(C)CCC[Si](OC)(OC)OC. The number of hydrogen-bond donors (Lipinski definition) is 0. The summed E-state index contributed by atoms with van der Waals surface area (Å²) < 4.78 is 17.7. The first-order chi connectivity index (χ1) is 15.9. The molecule has 0 rings (SSSR count). The van der Waals surface area contributed by atoms with Gasteiger partial charge in [0.05, 0.1) is 27.2 Å². The summed E-state index contributed by atoms with van der Waals surface area (Å²) in [5.41, 5.74) is 0. The fraction of sp³-hybridized carbons (Fsp3) is 1.00. The third-order valence-corrected chi connectivity index (χ3v) is 10.1. The third kappa shape index (κ3) is 20.0. The van der Waals surface area contributed by atoms with Crippen LogP contribution in [-0.2, 0) is 13.3 Å². The van der Waals surface area contributed by atoms with Gasteiger partial charge >= 0.3 is 8.80 Å². The summed E-state index contributed by atoms with van der Waals surface area (Å²) in [6.45, 7) is 4.72. The average molecular weight is 489 g/mol. The second-order valence-corrected chi connectivity index (χ2v) is 13.9. The van der Waals surface area contributed by atoms with E-state index in [9.17, 15) is 0 Å². The first-order valence-electron chi connectivity index (χ1n) is 14.4. The van der Waals surface area contributed by atoms with Crippen molar-refractivity contribution in [2.45, 2.75) is 135 Å². The topological polar surface area (TPSA) is 27.7 Å². The number of hydrogen-bond acceptors (Lipinski definition) is 3. The number of rotatable bonds is 26. The molecule has 0 N–H and O–H groups in total. The minimum Gasteiger partial charge on any atom is -0.377 e. The Bertz CT molecular complexity index is 394. The second-order valence-electron chi connectivity index (χ2n) is 10.8. The molecule has 0 aromatic carbocycles. The van der Waals surface area contributed by atoms with Crippen LogP contribution in [0.5, 0.6) is 0 Å². The maximum absolute atomic E-state index is 5.54. The van der Waals surface area contributed by atoms with Crippen LogP contribution in [0.3, 0.4) is 0 Å². The van der Waals surface area contributed by atoms with Gasteiger partial charge in [0.15, 0.2) is 0 Å². The molecule has 0 aromatic rings. The van der Waals surface area contributed by atoms with Gasteiger partial charge in [-0.15, -0.1) is 0 Å². The molecule has 0 amide bonds. The maximum atomic E-state index is 5.54. The lowest BCUT2D eigenvalue weighted by Crippen LogP contribution is -2.45. The lowest BCUT2D eigenvalue weighted by atomic mass is 10.0. The fourth-order valence-corrected chi connectivity index (χ4v) is 6.54. The van der Waals surface area contributed by atoms with Crippen LogP contribution < -0.4 is 0 Å². The molecule has 0 aliphatic heterocycles. The van der Waals surface area contributed by atoms with Crippen molar-refractivity contribution in [1.29, 1.82) is 0 Å². The lowest BCUT2D eigenvalue weighted by Gasteiger charge is -2.31. The molecule has 0 aliphatic carbocycles. The van der Waals surface area contributed by atoms with Gasteiger partial charge in [-0.1, -0.05) is 110 Å². The molecule has 0 radical (unpaired) electrons. The molecule has 5 heteroatoms. The molecule has 0 unspecified atom stereocenters. The molecule has 0 aromatic heterocycles. The van der Waals surface area contributed by atoms with Gasteiger partial charge in [0, 0.05) is 33.8 Å². The predicted octanol–water partition coefficient (Wildman–Crippen LogP) is 8.37. The summed E-state index contributed by atoms with van der Waals surface area (Å²) >= 11 is 0. The highest BCUT2D eigenvalue weighted by molar-refractivity contribution is 6.60. The van der Waals surface area contributed by atoms with Crippen molar-refractivity contribution in [2.75, 3.05) is 48.5 Å². The average Bonchev–Trinajstić information content (AvgIpc) is 2.81. The molecule has 0 spiro atoms. The Labute approximate surface area is 210 Å². The number of unbranched alkanes of at least 4 members (excludes halogenated alkanes) is 17. The molecule has 0 heterocycles. The van der Waals surface area contributed by atoms with Gasteiger partial charge in [0.1, 0.15) is 0 Å². The van der Waals surface area contributed by atoms with Crippen molar-refractivity contribution in [3.05, 3.63) is 0 Å². The van der Waals surface area contributed by atoms with E-state index in [1.807, 2.05) is 0 Å². The van der Waals surface area contributed by atoms with Gasteiger partial charge in [-0.3, -0.25) is 0 Å². The zero-order valence-electron chi connectivity index (χ0n) is 23.7. The van der Waals surface area contributed by atoms with Crippen molar-refractivity contribution >= 4 is 8.80 Å². The molecule has 0 aliphatic rings. The zero-order chi connectivity index (χ0) is 24.7. The zero-order valence-corrected chi connectivity index (χ0v) is 24.7. The van der Waals surface area contributed by atoms with Crippen LogP contribution in [0.4, 0.5) is 0 Å². The highest BCUT2D eigenvalue weighted by Gasteiger charge is 2.37. The van der Waals surface area contributed by atoms with Crippen LogP contribution >= 0.6 is 0 Å². The molecule has 4 nitrogen and oxygen atoms in total. The first-order valence-corrected chi connectivity index (χ1v) is 16.4. The minimum atomic E-state index is -2.41. The van der Waals surface area contributed by atoms with Gasteiger partial charge in [0.2, 0.25) is 0 Å². The lowest BCUT2D eigenvalue weighted by molar-refractivity contribution is -0.890. The summed E-state index contributed by atoms with van der Waals surface area (Å²) in [6.07, 6.45) is 27.0. The fourth-order valence-electron chi connectivity index (χ4n) is 4.83. The Morgan fingerprint density at radius 2 is 0.758 bits per heavy atom. The van der Waals surface area contributed by atoms with Crippen molar-refractivity contribution < 1.29 is 17.8 Å². The van der Waals surface area contributed by atoms with E-state index in [1.54, 1.807) is 21.3 Å². The van der Waals surface area contributed by atoms with Crippen molar-refractivity contribution in [1.82, 2.24) is 0 Å². The molecule has 33 heavy (non-hydrogen) atoms. The predicted molar refractivity (Wildman–Crippen MR) is 147 cm³/mol. The second kappa shape index (κ2) is 22.5. The van der Waals surface area contributed by atoms with E-state index in [4.69, 9.17) is 13.3 Å². The van der Waals surface area contributed by atoms with E-state index in [1.165, 1.54) is 122 Å². The quantitative estimate of drug-likeness (QED) is 0.0695. The van der Waals surface area contributed by atoms with E-state index in [-0.39, 0.29) is 0 Å². The van der Waals surface area contributed by atoms with E-state index in [2.05, 4.69) is 21.0 Å². The van der Waals surface area contributed by atoms with Crippen LogP contribution in [0.2, 0.25) is 6.04 Å². The van der Waals surface area contributed by atoms with Crippen LogP contribution in [0.25, 0.3) is 0 Å². The third-order valence-electron chi connectivity index (χ3n) is 7.30. The molecule has 0 bridgehead atoms. The van der Waals surface area contributed by atoms with Crippen molar-refractivity contribution in [2.24, 2.45) is 0 Å². The summed E-state index contributed by atoms with van der Waals surface area (Å²) in [7, 11) is 7.41. The minimum absolute atomic E-state index is 0.900. The molecule has 0 saturated carbocycles. The summed E-state index contributed by atoms with van der Waals surface area (Å²) in [5.74, 6) is 0. The van der Waals surface area contributed by atoms with E-state index in [0.29, 0.717) is 0 Å². The molecule has 200 valence electrons. The Kier molecular flexibility index (Phi) is 22.6. The monoisotopic (exact) mass is 488 g/mol. The maximum Gasteiger partial charge on any atom is 0.500 e. The Morgan fingerprint density at radius 3 is 1.09 bits per heavy atom. The van der Waals surface area contributed by atoms with E-state index < -0.39 is 8.80 Å². The van der Waals surface area contributed by atoms with E-state index >= 15 is 0 Å². The van der Waals surface area contributed by atoms with Crippen LogP contribution in [-0.4, -0.2) is 61.8 Å². The van der Waals surface area contributed by atoms with Gasteiger partial charge in [0.25, 0.3) is 0 Å². The number of nitrogens with zero attached hydrogens (tertiary/aromatic N) is 1. The van der Waals surface area contributed by atoms with Gasteiger partial charge in [-0.25, -0.2) is 0 Å². The van der Waals surface area contributed by atoms with Crippen molar-refractivity contribution in [3.63, 3.8) is 0 Å². The Balaban J connectivity index is 3.43. The molecular weight excluding hydrogens is 426 g/mol. The molecule has 0 saturated heterocycles. The standard InChI is InChI=1S/C28H62NO3Si/c1-7-8-9-10-11-12-13-14-15-16-17-18-19-20-21-22-23-24-26-29(2,3)27-25-28-33(30-4,31-5)32-6/h7-28H2,1-6H3/q+1. The summed E-state index contributed by atoms with van der Waals surface area (Å²) in [6, 6.07) is 0.900. The van der Waals surface area contributed by atoms with Gasteiger partial charge < -0.3 is 17.8 Å². The molecule has 0 fully saturated rings. The largest absolute Gasteiger partial charge is 0.500 e. The smallest absolute Gasteiger partial charge is 0.377 e. The van der Waals surface area contributed by atoms with Gasteiger partial charge in [-0.2, -0.15) is 0 Å². The van der Waals surface area contributed by atoms with Crippen molar-refractivity contribution in [3.8, 4) is 0 Å². The van der Waals surface area contributed by atoms with Crippen LogP contribution in [0.1, 0.15) is 129 Å². The van der Waals surface area contributed by atoms with Crippen LogP contribution in [0.15, 0.2) is 0 Å². The number of quaternary nitrogens is 1. The highest BCUT2D eigenvalue weighted by Crippen LogP contribution is 2.18. The molecular formula is C28H62NO3Si+. The highest BCUT2D eigenvalue weighted by atomic mass is 28.4. The Hall–Kier alpha value is 0.0569.